The summed E-state index contributed by atoms with van der Waals surface area (Å²) in [6.07, 6.45) is 3.34. The van der Waals surface area contributed by atoms with Crippen molar-refractivity contribution in [2.75, 3.05) is 39.1 Å². The minimum Gasteiger partial charge on any atom is -0.497 e. The van der Waals surface area contributed by atoms with Crippen molar-refractivity contribution < 1.29 is 38.1 Å². The maximum Gasteiger partial charge on any atom is 0.338 e. The molecule has 6 rings (SSSR count). The van der Waals surface area contributed by atoms with E-state index in [1.807, 2.05) is 36.4 Å². The summed E-state index contributed by atoms with van der Waals surface area (Å²) in [5.74, 6) is -0.0966. The average molecular weight is 740 g/mol. The second kappa shape index (κ2) is 17.0. The third-order valence-corrected chi connectivity index (χ3v) is 8.48. The molecule has 55 heavy (non-hydrogen) atoms. The number of benzene rings is 3. The largest absolute Gasteiger partial charge is 0.497 e. The maximum atomic E-state index is 13.8. The lowest BCUT2D eigenvalue weighted by Gasteiger charge is -2.17. The van der Waals surface area contributed by atoms with Crippen molar-refractivity contribution in [2.45, 2.75) is 13.5 Å². The van der Waals surface area contributed by atoms with Gasteiger partial charge in [0.15, 0.2) is 0 Å². The molecule has 3 aromatic heterocycles. The summed E-state index contributed by atoms with van der Waals surface area (Å²) in [5.41, 5.74) is 4.56. The number of esters is 1. The second-order valence-electron chi connectivity index (χ2n) is 12.1. The Morgan fingerprint density at radius 3 is 1.36 bits per heavy atom. The zero-order valence-electron chi connectivity index (χ0n) is 30.7. The van der Waals surface area contributed by atoms with Gasteiger partial charge in [0.2, 0.25) is 0 Å². The number of anilines is 2. The van der Waals surface area contributed by atoms with E-state index in [9.17, 15) is 14.4 Å². The highest BCUT2D eigenvalue weighted by Crippen LogP contribution is 2.31. The van der Waals surface area contributed by atoms with Crippen molar-refractivity contribution in [3.63, 3.8) is 0 Å². The van der Waals surface area contributed by atoms with Gasteiger partial charge in [-0.25, -0.2) is 9.78 Å². The van der Waals surface area contributed by atoms with E-state index < -0.39 is 17.8 Å². The number of ether oxygens (including phenoxy) is 5. The van der Waals surface area contributed by atoms with E-state index in [2.05, 4.69) is 20.6 Å². The molecule has 278 valence electrons. The van der Waals surface area contributed by atoms with Gasteiger partial charge in [0.1, 0.15) is 29.6 Å². The average Bonchev–Trinajstić information content (AvgIpc) is 3.23. The minimum absolute atomic E-state index is 0.0617. The molecule has 3 heterocycles. The molecule has 0 aliphatic rings. The van der Waals surface area contributed by atoms with E-state index in [0.717, 1.165) is 0 Å². The summed E-state index contributed by atoms with van der Waals surface area (Å²) in [7, 11) is 5.92. The Morgan fingerprint density at radius 2 is 0.982 bits per heavy atom. The number of hydrogen-bond donors (Lipinski definition) is 2. The lowest BCUT2D eigenvalue weighted by molar-refractivity contribution is 0.0472. The standard InChI is InChI=1S/C42H37N5O8/c1-25-36(46-40(48)27-16-30(51-2)22-31(17-27)52-3)20-29(21-37(25)47-41(49)28-18-32(53-4)23-33(19-28)54-5)42(50)55-24-26-14-38(34-10-6-8-12-43-34)45-39(15-26)35-11-7-9-13-44-35/h6-23H,24H2,1-5H3,(H,46,48)(H,47,49). The first-order valence-electron chi connectivity index (χ1n) is 16.9. The lowest BCUT2D eigenvalue weighted by Crippen LogP contribution is -2.18. The van der Waals surface area contributed by atoms with E-state index >= 15 is 0 Å². The van der Waals surface area contributed by atoms with Crippen LogP contribution in [0.1, 0.15) is 42.2 Å². The topological polar surface area (TPSA) is 160 Å². The van der Waals surface area contributed by atoms with Gasteiger partial charge in [-0.15, -0.1) is 0 Å². The second-order valence-corrected chi connectivity index (χ2v) is 12.1. The van der Waals surface area contributed by atoms with Crippen LogP contribution in [0, 0.1) is 6.92 Å². The van der Waals surface area contributed by atoms with Gasteiger partial charge in [0.25, 0.3) is 11.8 Å². The Hall–Kier alpha value is -7.28. The first kappa shape index (κ1) is 37.5. The molecule has 0 radical (unpaired) electrons. The zero-order valence-corrected chi connectivity index (χ0v) is 30.7. The fraction of sp³-hybridized carbons (Fsp3) is 0.143. The summed E-state index contributed by atoms with van der Waals surface area (Å²) in [5, 5.41) is 5.74. The first-order valence-corrected chi connectivity index (χ1v) is 16.9. The lowest BCUT2D eigenvalue weighted by atomic mass is 10.1. The Bertz CT molecular complexity index is 2160. The predicted octanol–water partition coefficient (Wildman–Crippen LogP) is 7.41. The third-order valence-electron chi connectivity index (χ3n) is 8.48. The van der Waals surface area contributed by atoms with Crippen LogP contribution in [0.4, 0.5) is 11.4 Å². The number of carbonyl (C=O) groups is 3. The highest BCUT2D eigenvalue weighted by Gasteiger charge is 2.20. The molecule has 0 fully saturated rings. The number of amides is 2. The van der Waals surface area contributed by atoms with E-state index in [-0.39, 0.29) is 34.7 Å². The SMILES string of the molecule is COc1cc(OC)cc(C(=O)Nc2cc(C(=O)OCc3cc(-c4ccccn4)nc(-c4ccccn4)c3)cc(NC(=O)c3cc(OC)cc(OC)c3)c2C)c1. The molecule has 0 spiro atoms. The Kier molecular flexibility index (Phi) is 11.6. The number of aromatic nitrogens is 3. The number of methoxy groups -OCH3 is 4. The fourth-order valence-corrected chi connectivity index (χ4v) is 5.55. The van der Waals surface area contributed by atoms with Gasteiger partial charge in [-0.2, -0.15) is 0 Å². The van der Waals surface area contributed by atoms with Crippen molar-refractivity contribution in [3.05, 3.63) is 137 Å². The Labute approximate surface area is 317 Å². The van der Waals surface area contributed by atoms with Gasteiger partial charge < -0.3 is 34.3 Å². The number of carbonyl (C=O) groups excluding carboxylic acids is 3. The quantitative estimate of drug-likeness (QED) is 0.114. The number of hydrogen-bond acceptors (Lipinski definition) is 11. The molecular weight excluding hydrogens is 702 g/mol. The summed E-state index contributed by atoms with van der Waals surface area (Å²) in [6, 6.07) is 27.1. The van der Waals surface area contributed by atoms with Crippen LogP contribution in [0.2, 0.25) is 0 Å². The van der Waals surface area contributed by atoms with Crippen LogP contribution in [0.5, 0.6) is 23.0 Å². The van der Waals surface area contributed by atoms with Crippen LogP contribution >= 0.6 is 0 Å². The van der Waals surface area contributed by atoms with Crippen molar-refractivity contribution in [3.8, 4) is 45.8 Å². The van der Waals surface area contributed by atoms with Crippen LogP contribution in [-0.4, -0.2) is 61.2 Å². The summed E-state index contributed by atoms with van der Waals surface area (Å²) in [6.45, 7) is 1.57. The summed E-state index contributed by atoms with van der Waals surface area (Å²) >= 11 is 0. The normalized spacial score (nSPS) is 10.6. The molecular formula is C42H37N5O8. The van der Waals surface area contributed by atoms with E-state index in [0.29, 0.717) is 56.9 Å². The molecule has 3 aromatic carbocycles. The van der Waals surface area contributed by atoms with Crippen molar-refractivity contribution in [1.29, 1.82) is 0 Å². The van der Waals surface area contributed by atoms with Gasteiger partial charge in [0.05, 0.1) is 56.8 Å². The van der Waals surface area contributed by atoms with Gasteiger partial charge >= 0.3 is 5.97 Å². The molecule has 13 nitrogen and oxygen atoms in total. The van der Waals surface area contributed by atoms with Gasteiger partial charge in [-0.05, 0) is 90.8 Å². The molecule has 0 unspecified atom stereocenters. The van der Waals surface area contributed by atoms with E-state index in [4.69, 9.17) is 28.7 Å². The third kappa shape index (κ3) is 9.03. The van der Waals surface area contributed by atoms with Crippen LogP contribution in [0.25, 0.3) is 22.8 Å². The number of pyridine rings is 3. The zero-order chi connectivity index (χ0) is 38.9. The fourth-order valence-electron chi connectivity index (χ4n) is 5.55. The number of rotatable bonds is 13. The smallest absolute Gasteiger partial charge is 0.338 e. The van der Waals surface area contributed by atoms with Crippen LogP contribution < -0.4 is 29.6 Å². The molecule has 13 heteroatoms. The van der Waals surface area contributed by atoms with Crippen molar-refractivity contribution >= 4 is 29.2 Å². The van der Waals surface area contributed by atoms with Crippen molar-refractivity contribution in [2.24, 2.45) is 0 Å². The molecule has 0 atom stereocenters. The Balaban J connectivity index is 1.34. The predicted molar refractivity (Wildman–Crippen MR) is 206 cm³/mol. The monoisotopic (exact) mass is 739 g/mol. The molecule has 0 aliphatic heterocycles. The van der Waals surface area contributed by atoms with Crippen LogP contribution in [0.3, 0.4) is 0 Å². The summed E-state index contributed by atoms with van der Waals surface area (Å²) in [4.78, 5) is 54.7. The van der Waals surface area contributed by atoms with Gasteiger partial charge in [-0.3, -0.25) is 19.6 Å². The first-order chi connectivity index (χ1) is 26.7. The molecule has 0 bridgehead atoms. The molecule has 0 saturated heterocycles. The van der Waals surface area contributed by atoms with E-state index in [1.54, 1.807) is 67.8 Å². The molecule has 2 amide bonds. The van der Waals surface area contributed by atoms with Gasteiger partial charge in [0, 0.05) is 47.0 Å². The highest BCUT2D eigenvalue weighted by atomic mass is 16.5. The number of nitrogens with zero attached hydrogens (tertiary/aromatic N) is 3. The van der Waals surface area contributed by atoms with Crippen LogP contribution in [0.15, 0.2) is 109 Å². The highest BCUT2D eigenvalue weighted by molar-refractivity contribution is 6.09. The minimum atomic E-state index is -0.715. The van der Waals surface area contributed by atoms with Gasteiger partial charge in [-0.1, -0.05) is 12.1 Å². The van der Waals surface area contributed by atoms with Crippen LogP contribution in [-0.2, 0) is 11.3 Å². The van der Waals surface area contributed by atoms with Crippen molar-refractivity contribution in [1.82, 2.24) is 15.0 Å². The molecule has 6 aromatic rings. The van der Waals surface area contributed by atoms with E-state index in [1.165, 1.54) is 40.6 Å². The Morgan fingerprint density at radius 1 is 0.545 bits per heavy atom. The molecule has 0 saturated carbocycles. The summed E-state index contributed by atoms with van der Waals surface area (Å²) < 4.78 is 27.2. The molecule has 0 aliphatic carbocycles. The number of nitrogens with one attached hydrogen (secondary N) is 2. The maximum absolute atomic E-state index is 13.8. The molecule has 2 N–H and O–H groups in total.